The number of aryl methyl sites for hydroxylation is 1. The van der Waals surface area contributed by atoms with E-state index in [4.69, 9.17) is 21.1 Å². The number of hydrogen-bond donors (Lipinski definition) is 2. The molecule has 0 bridgehead atoms. The van der Waals surface area contributed by atoms with Gasteiger partial charge in [0, 0.05) is 11.1 Å². The molecule has 0 unspecified atom stereocenters. The molecule has 2 aromatic carbocycles. The average molecular weight is 363 g/mol. The van der Waals surface area contributed by atoms with Crippen LogP contribution in [0.1, 0.15) is 19.4 Å². The molecule has 2 N–H and O–H groups in total. The summed E-state index contributed by atoms with van der Waals surface area (Å²) in [5, 5.41) is 6.52. The van der Waals surface area contributed by atoms with Crippen LogP contribution >= 0.6 is 11.6 Å². The lowest BCUT2D eigenvalue weighted by atomic mass is 10.2. The number of rotatable bonds is 7. The Bertz CT molecular complexity index is 747. The van der Waals surface area contributed by atoms with Crippen LogP contribution in [0.3, 0.4) is 0 Å². The van der Waals surface area contributed by atoms with Gasteiger partial charge >= 0.3 is 0 Å². The molecule has 25 heavy (non-hydrogen) atoms. The van der Waals surface area contributed by atoms with Gasteiger partial charge in [-0.05, 0) is 44.5 Å². The summed E-state index contributed by atoms with van der Waals surface area (Å²) >= 11 is 6.08. The molecule has 0 saturated heterocycles. The Morgan fingerprint density at radius 2 is 1.88 bits per heavy atom. The van der Waals surface area contributed by atoms with Crippen LogP contribution < -0.4 is 20.1 Å². The second-order valence-electron chi connectivity index (χ2n) is 5.87. The Hall–Kier alpha value is -2.40. The first-order valence-corrected chi connectivity index (χ1v) is 8.42. The van der Waals surface area contributed by atoms with E-state index in [-0.39, 0.29) is 18.6 Å². The molecule has 0 atom stereocenters. The van der Waals surface area contributed by atoms with E-state index in [1.807, 2.05) is 45.0 Å². The number of carbonyl (C=O) groups excluding carboxylic acids is 1. The normalized spacial score (nSPS) is 10.5. The van der Waals surface area contributed by atoms with Gasteiger partial charge in [0.15, 0.2) is 0 Å². The van der Waals surface area contributed by atoms with E-state index < -0.39 is 0 Å². The predicted molar refractivity (Wildman–Crippen MR) is 102 cm³/mol. The monoisotopic (exact) mass is 362 g/mol. The molecule has 1 amide bonds. The van der Waals surface area contributed by atoms with Gasteiger partial charge in [-0.1, -0.05) is 23.7 Å². The number of ether oxygens (including phenoxy) is 2. The first kappa shape index (κ1) is 18.9. The molecule has 0 spiro atoms. The summed E-state index contributed by atoms with van der Waals surface area (Å²) in [6.45, 7) is 5.88. The molecule has 0 aliphatic carbocycles. The molecule has 2 rings (SSSR count). The summed E-state index contributed by atoms with van der Waals surface area (Å²) in [6, 6.07) is 11.0. The number of amides is 1. The lowest BCUT2D eigenvalue weighted by molar-refractivity contribution is -0.114. The summed E-state index contributed by atoms with van der Waals surface area (Å²) < 4.78 is 11.0. The number of methoxy groups -OCH3 is 1. The second kappa shape index (κ2) is 8.62. The quantitative estimate of drug-likeness (QED) is 0.761. The zero-order chi connectivity index (χ0) is 18.4. The van der Waals surface area contributed by atoms with E-state index in [1.54, 1.807) is 12.1 Å². The van der Waals surface area contributed by atoms with Gasteiger partial charge in [0.2, 0.25) is 5.91 Å². The van der Waals surface area contributed by atoms with E-state index in [0.717, 1.165) is 11.3 Å². The minimum atomic E-state index is -0.195. The molecule has 0 aliphatic rings. The number of hydrogen-bond acceptors (Lipinski definition) is 4. The summed E-state index contributed by atoms with van der Waals surface area (Å²) in [6.07, 6.45) is 0.0538. The Morgan fingerprint density at radius 3 is 2.56 bits per heavy atom. The van der Waals surface area contributed by atoms with Crippen molar-refractivity contribution in [3.8, 4) is 11.5 Å². The van der Waals surface area contributed by atoms with Crippen molar-refractivity contribution in [2.24, 2.45) is 0 Å². The van der Waals surface area contributed by atoms with Crippen molar-refractivity contribution in [1.82, 2.24) is 0 Å². The Balaban J connectivity index is 2.04. The topological polar surface area (TPSA) is 59.6 Å². The number of carbonyl (C=O) groups is 1. The number of nitrogens with one attached hydrogen (secondary N) is 2. The zero-order valence-corrected chi connectivity index (χ0v) is 15.6. The fourth-order valence-electron chi connectivity index (χ4n) is 2.27. The van der Waals surface area contributed by atoms with Gasteiger partial charge in [-0.25, -0.2) is 0 Å². The molecule has 2 aromatic rings. The summed E-state index contributed by atoms with van der Waals surface area (Å²) in [7, 11) is 1.54. The van der Waals surface area contributed by atoms with E-state index in [1.165, 1.54) is 7.11 Å². The standard InChI is InChI=1S/C19H23ClN2O3/c1-12(2)25-17-8-6-5-7-15(17)21-11-19(23)22-16-9-13(3)14(20)10-18(16)24-4/h5-10,12,21H,11H2,1-4H3,(H,22,23). The van der Waals surface area contributed by atoms with Crippen LogP contribution in [0, 0.1) is 6.92 Å². The Kier molecular flexibility index (Phi) is 6.53. The van der Waals surface area contributed by atoms with E-state index in [9.17, 15) is 4.79 Å². The van der Waals surface area contributed by atoms with Crippen LogP contribution in [-0.2, 0) is 4.79 Å². The summed E-state index contributed by atoms with van der Waals surface area (Å²) in [5.74, 6) is 1.04. The highest BCUT2D eigenvalue weighted by atomic mass is 35.5. The number of anilines is 2. The fourth-order valence-corrected chi connectivity index (χ4v) is 2.42. The SMILES string of the molecule is COc1cc(Cl)c(C)cc1NC(=O)CNc1ccccc1OC(C)C. The molecule has 0 aliphatic heterocycles. The smallest absolute Gasteiger partial charge is 0.243 e. The minimum Gasteiger partial charge on any atom is -0.495 e. The van der Waals surface area contributed by atoms with Crippen LogP contribution in [0.15, 0.2) is 36.4 Å². The lowest BCUT2D eigenvalue weighted by Gasteiger charge is -2.16. The van der Waals surface area contributed by atoms with Gasteiger partial charge in [0.1, 0.15) is 11.5 Å². The molecule has 0 fully saturated rings. The molecule has 0 heterocycles. The third-order valence-corrected chi connectivity index (χ3v) is 3.85. The van der Waals surface area contributed by atoms with Crippen molar-refractivity contribution in [1.29, 1.82) is 0 Å². The second-order valence-corrected chi connectivity index (χ2v) is 6.27. The van der Waals surface area contributed by atoms with Crippen LogP contribution in [0.5, 0.6) is 11.5 Å². The third kappa shape index (κ3) is 5.29. The van der Waals surface area contributed by atoms with Crippen molar-refractivity contribution in [3.63, 3.8) is 0 Å². The largest absolute Gasteiger partial charge is 0.495 e. The van der Waals surface area contributed by atoms with Gasteiger partial charge in [-0.3, -0.25) is 4.79 Å². The van der Waals surface area contributed by atoms with Crippen LogP contribution in [0.2, 0.25) is 5.02 Å². The van der Waals surface area contributed by atoms with Crippen LogP contribution in [0.4, 0.5) is 11.4 Å². The number of benzene rings is 2. The van der Waals surface area contributed by atoms with Crippen molar-refractivity contribution >= 4 is 28.9 Å². The molecule has 0 radical (unpaired) electrons. The first-order chi connectivity index (χ1) is 11.9. The van der Waals surface area contributed by atoms with E-state index >= 15 is 0 Å². The van der Waals surface area contributed by atoms with Crippen molar-refractivity contribution < 1.29 is 14.3 Å². The summed E-state index contributed by atoms with van der Waals surface area (Å²) in [4.78, 5) is 12.3. The molecular formula is C19H23ClN2O3. The maximum Gasteiger partial charge on any atom is 0.243 e. The molecule has 134 valence electrons. The highest BCUT2D eigenvalue weighted by molar-refractivity contribution is 6.31. The molecule has 0 aromatic heterocycles. The fraction of sp³-hybridized carbons (Fsp3) is 0.316. The number of para-hydroxylation sites is 2. The highest BCUT2D eigenvalue weighted by Crippen LogP contribution is 2.31. The lowest BCUT2D eigenvalue weighted by Crippen LogP contribution is -2.22. The maximum atomic E-state index is 12.3. The number of halogens is 1. The molecule has 5 nitrogen and oxygen atoms in total. The van der Waals surface area contributed by atoms with Crippen molar-refractivity contribution in [2.45, 2.75) is 26.9 Å². The Labute approximate surface area is 153 Å². The highest BCUT2D eigenvalue weighted by Gasteiger charge is 2.11. The van der Waals surface area contributed by atoms with Gasteiger partial charge < -0.3 is 20.1 Å². The minimum absolute atomic E-state index is 0.0538. The van der Waals surface area contributed by atoms with Gasteiger partial charge in [-0.2, -0.15) is 0 Å². The van der Waals surface area contributed by atoms with Crippen molar-refractivity contribution in [3.05, 3.63) is 47.0 Å². The zero-order valence-electron chi connectivity index (χ0n) is 14.9. The summed E-state index contributed by atoms with van der Waals surface area (Å²) in [5.41, 5.74) is 2.22. The van der Waals surface area contributed by atoms with E-state index in [0.29, 0.717) is 22.2 Å². The van der Waals surface area contributed by atoms with Crippen LogP contribution in [-0.4, -0.2) is 25.7 Å². The molecular weight excluding hydrogens is 340 g/mol. The predicted octanol–water partition coefficient (Wildman–Crippen LogP) is 4.49. The average Bonchev–Trinajstić information content (AvgIpc) is 2.56. The van der Waals surface area contributed by atoms with Crippen LogP contribution in [0.25, 0.3) is 0 Å². The van der Waals surface area contributed by atoms with Gasteiger partial charge in [-0.15, -0.1) is 0 Å². The first-order valence-electron chi connectivity index (χ1n) is 8.04. The van der Waals surface area contributed by atoms with Gasteiger partial charge in [0.05, 0.1) is 31.1 Å². The molecule has 0 saturated carbocycles. The van der Waals surface area contributed by atoms with Crippen molar-refractivity contribution in [2.75, 3.05) is 24.3 Å². The molecule has 6 heteroatoms. The third-order valence-electron chi connectivity index (χ3n) is 3.44. The van der Waals surface area contributed by atoms with Gasteiger partial charge in [0.25, 0.3) is 0 Å². The van der Waals surface area contributed by atoms with E-state index in [2.05, 4.69) is 10.6 Å². The Morgan fingerprint density at radius 1 is 1.16 bits per heavy atom. The maximum absolute atomic E-state index is 12.3.